The molecule has 0 radical (unpaired) electrons. The van der Waals surface area contributed by atoms with Crippen LogP contribution in [0.4, 0.5) is 4.79 Å². The molecule has 1 fully saturated rings. The highest BCUT2D eigenvalue weighted by Crippen LogP contribution is 2.44. The summed E-state index contributed by atoms with van der Waals surface area (Å²) in [7, 11) is -2.19. The van der Waals surface area contributed by atoms with Crippen LogP contribution in [0.15, 0.2) is 0 Å². The van der Waals surface area contributed by atoms with Crippen molar-refractivity contribution in [3.8, 4) is 0 Å². The summed E-state index contributed by atoms with van der Waals surface area (Å²) in [4.78, 5) is 15.3. The fraction of sp³-hybridized carbons (Fsp3) is 0.971. The van der Waals surface area contributed by atoms with Crippen molar-refractivity contribution < 1.29 is 23.8 Å². The Labute approximate surface area is 262 Å². The molecule has 0 spiro atoms. The summed E-state index contributed by atoms with van der Waals surface area (Å²) in [6, 6.07) is -0.412. The van der Waals surface area contributed by atoms with E-state index in [1.807, 2.05) is 34.6 Å². The number of amides is 1. The number of carbonyl (C=O) groups excluding carboxylic acids is 1. The normalized spacial score (nSPS) is 20.2. The minimum absolute atomic E-state index is 0.351. The Balaban J connectivity index is 2.87. The van der Waals surface area contributed by atoms with E-state index in [2.05, 4.69) is 48.5 Å². The van der Waals surface area contributed by atoms with Gasteiger partial charge in [-0.05, 0) is 57.7 Å². The molecule has 7 heteroatoms. The molecule has 1 N–H and O–H groups in total. The predicted octanol–water partition coefficient (Wildman–Crippen LogP) is 10.4. The van der Waals surface area contributed by atoms with Gasteiger partial charge in [0.1, 0.15) is 17.4 Å². The molecule has 1 saturated heterocycles. The van der Waals surface area contributed by atoms with Gasteiger partial charge >= 0.3 is 6.09 Å². The molecule has 250 valence electrons. The van der Waals surface area contributed by atoms with Crippen LogP contribution in [0.25, 0.3) is 0 Å². The summed E-state index contributed by atoms with van der Waals surface area (Å²) in [5, 5.41) is 11.5. The minimum atomic E-state index is -2.19. The Hall–Kier alpha value is -0.633. The van der Waals surface area contributed by atoms with Crippen LogP contribution in [0.3, 0.4) is 0 Å². The van der Waals surface area contributed by atoms with E-state index in [-0.39, 0.29) is 0 Å². The van der Waals surface area contributed by atoms with E-state index in [0.29, 0.717) is 29.7 Å². The number of carbonyl (C=O) groups is 1. The zero-order valence-corrected chi connectivity index (χ0v) is 30.9. The van der Waals surface area contributed by atoms with E-state index in [4.69, 9.17) is 13.9 Å². The van der Waals surface area contributed by atoms with Crippen molar-refractivity contribution in [3.05, 3.63) is 0 Å². The van der Waals surface area contributed by atoms with Crippen LogP contribution in [0.1, 0.15) is 167 Å². The zero-order chi connectivity index (χ0) is 32.1. The smallest absolute Gasteiger partial charge is 0.412 e. The monoisotopic (exact) mass is 614 g/mol. The summed E-state index contributed by atoms with van der Waals surface area (Å²) in [5.74, 6) is 0. The summed E-state index contributed by atoms with van der Waals surface area (Å²) < 4.78 is 19.3. The molecule has 1 aliphatic heterocycles. The van der Waals surface area contributed by atoms with Gasteiger partial charge in [-0.2, -0.15) is 0 Å². The fourth-order valence-electron chi connectivity index (χ4n) is 7.27. The number of ether oxygens (including phenoxy) is 2. The predicted molar refractivity (Wildman–Crippen MR) is 180 cm³/mol. The van der Waals surface area contributed by atoms with Crippen LogP contribution in [-0.4, -0.2) is 60.6 Å². The fourth-order valence-corrected chi connectivity index (χ4v) is 12.7. The van der Waals surface area contributed by atoms with Crippen LogP contribution in [0.2, 0.25) is 16.6 Å². The second kappa shape index (κ2) is 18.4. The molecule has 1 heterocycles. The topological polar surface area (TPSA) is 68.2 Å². The number of nitrogens with zero attached hydrogens (tertiary/aromatic N) is 1. The van der Waals surface area contributed by atoms with Crippen molar-refractivity contribution in [1.82, 2.24) is 4.90 Å². The van der Waals surface area contributed by atoms with Gasteiger partial charge in [0, 0.05) is 0 Å². The summed E-state index contributed by atoms with van der Waals surface area (Å²) >= 11 is 0. The lowest BCUT2D eigenvalue weighted by atomic mass is 9.99. The average molecular weight is 614 g/mol. The first-order valence-corrected chi connectivity index (χ1v) is 19.7. The maximum absolute atomic E-state index is 13.6. The first kappa shape index (κ1) is 39.4. The summed E-state index contributed by atoms with van der Waals surface area (Å²) in [5.41, 5.74) is -0.265. The molecule has 0 aromatic rings. The van der Waals surface area contributed by atoms with Gasteiger partial charge in [0.15, 0.2) is 8.32 Å². The quantitative estimate of drug-likeness (QED) is 0.109. The maximum atomic E-state index is 13.6. The number of rotatable bonds is 20. The third-order valence-electron chi connectivity index (χ3n) is 9.25. The van der Waals surface area contributed by atoms with Gasteiger partial charge in [0.25, 0.3) is 0 Å². The van der Waals surface area contributed by atoms with Gasteiger partial charge in [0.05, 0.1) is 18.8 Å². The van der Waals surface area contributed by atoms with E-state index >= 15 is 0 Å². The number of aliphatic hydroxyl groups excluding tert-OH is 1. The highest BCUT2D eigenvalue weighted by atomic mass is 28.4. The van der Waals surface area contributed by atoms with Crippen LogP contribution >= 0.6 is 0 Å². The van der Waals surface area contributed by atoms with Crippen LogP contribution < -0.4 is 0 Å². The molecule has 0 saturated carbocycles. The van der Waals surface area contributed by atoms with E-state index in [1.165, 1.54) is 64.2 Å². The van der Waals surface area contributed by atoms with Crippen LogP contribution in [0.5, 0.6) is 0 Å². The number of hydrogen-bond donors (Lipinski definition) is 1. The molecular formula is C35H71NO5Si. The van der Waals surface area contributed by atoms with Crippen LogP contribution in [0, 0.1) is 0 Å². The molecular weight excluding hydrogens is 542 g/mol. The van der Waals surface area contributed by atoms with E-state index < -0.39 is 44.0 Å². The van der Waals surface area contributed by atoms with Crippen molar-refractivity contribution in [2.75, 3.05) is 6.61 Å². The highest BCUT2D eigenvalue weighted by Gasteiger charge is 2.55. The third-order valence-corrected chi connectivity index (χ3v) is 15.3. The summed E-state index contributed by atoms with van der Waals surface area (Å²) in [6.07, 6.45) is 14.5. The van der Waals surface area contributed by atoms with Crippen molar-refractivity contribution in [2.24, 2.45) is 0 Å². The first-order chi connectivity index (χ1) is 19.5. The second-order valence-electron chi connectivity index (χ2n) is 15.3. The van der Waals surface area contributed by atoms with Crippen molar-refractivity contribution in [3.63, 3.8) is 0 Å². The number of aliphatic hydroxyl groups is 1. The van der Waals surface area contributed by atoms with E-state index in [1.54, 1.807) is 4.90 Å². The third kappa shape index (κ3) is 12.0. The van der Waals surface area contributed by atoms with E-state index in [9.17, 15) is 9.90 Å². The average Bonchev–Trinajstić information content (AvgIpc) is 3.13. The second-order valence-corrected chi connectivity index (χ2v) is 20.8. The maximum Gasteiger partial charge on any atom is 0.412 e. The van der Waals surface area contributed by atoms with Gasteiger partial charge in [-0.3, -0.25) is 4.90 Å². The molecule has 3 atom stereocenters. The molecule has 6 nitrogen and oxygen atoms in total. The van der Waals surface area contributed by atoms with Gasteiger partial charge in [-0.25, -0.2) is 4.79 Å². The van der Waals surface area contributed by atoms with Crippen molar-refractivity contribution in [2.45, 2.75) is 213 Å². The lowest BCUT2D eigenvalue weighted by Gasteiger charge is -2.44. The Morgan fingerprint density at radius 2 is 1.26 bits per heavy atom. The number of unbranched alkanes of at least 4 members (excludes halogenated alkanes) is 11. The van der Waals surface area contributed by atoms with Crippen molar-refractivity contribution in [1.29, 1.82) is 0 Å². The van der Waals surface area contributed by atoms with Gasteiger partial charge in [0.2, 0.25) is 0 Å². The SMILES string of the molecule is CCCCCCCCCCCCCC[C@H](O)[C@H]1OC(C)(C)N(C(=O)OC(C)(C)C)[C@H]1CO[Si](C(C)C)(C(C)C)C(C)C. The molecule has 0 aliphatic carbocycles. The molecule has 0 bridgehead atoms. The van der Waals surface area contributed by atoms with Gasteiger partial charge in [-0.1, -0.05) is 126 Å². The Morgan fingerprint density at radius 1 is 0.833 bits per heavy atom. The molecule has 1 amide bonds. The van der Waals surface area contributed by atoms with Gasteiger partial charge < -0.3 is 19.0 Å². The Bertz CT molecular complexity index is 726. The Kier molecular flexibility index (Phi) is 17.2. The summed E-state index contributed by atoms with van der Waals surface area (Å²) in [6.45, 7) is 25.7. The Morgan fingerprint density at radius 3 is 1.67 bits per heavy atom. The largest absolute Gasteiger partial charge is 0.444 e. The molecule has 0 aromatic carbocycles. The van der Waals surface area contributed by atoms with Crippen LogP contribution in [-0.2, 0) is 13.9 Å². The molecule has 0 aromatic heterocycles. The number of hydrogen-bond acceptors (Lipinski definition) is 5. The molecule has 1 aliphatic rings. The van der Waals surface area contributed by atoms with Gasteiger partial charge in [-0.15, -0.1) is 0 Å². The first-order valence-electron chi connectivity index (χ1n) is 17.5. The standard InChI is InChI=1S/C35H71NO5Si/c1-13-14-15-16-17-18-19-20-21-22-23-24-25-31(37)32-30(26-39-42(27(2)3,28(4)5)29(6)7)36(35(11,12)40-32)33(38)41-34(8,9)10/h27-32,37H,13-26H2,1-12H3/t30-,31-,32-/m0/s1. The minimum Gasteiger partial charge on any atom is -0.444 e. The molecule has 0 unspecified atom stereocenters. The van der Waals surface area contributed by atoms with Crippen molar-refractivity contribution >= 4 is 14.4 Å². The lowest BCUT2D eigenvalue weighted by Crippen LogP contribution is -2.56. The lowest BCUT2D eigenvalue weighted by molar-refractivity contribution is -0.104. The molecule has 1 rings (SSSR count). The molecule has 42 heavy (non-hydrogen) atoms. The van der Waals surface area contributed by atoms with E-state index in [0.717, 1.165) is 12.8 Å². The highest BCUT2D eigenvalue weighted by molar-refractivity contribution is 6.77. The zero-order valence-electron chi connectivity index (χ0n) is 29.9.